The Bertz CT molecular complexity index is 764. The number of hydrogen-bond donors (Lipinski definition) is 2. The molecule has 4 rings (SSSR count). The van der Waals surface area contributed by atoms with E-state index in [-0.39, 0.29) is 12.6 Å². The first-order valence-corrected chi connectivity index (χ1v) is 10.6. The van der Waals surface area contributed by atoms with E-state index in [1.807, 2.05) is 0 Å². The van der Waals surface area contributed by atoms with Crippen molar-refractivity contribution < 1.29 is 5.11 Å². The van der Waals surface area contributed by atoms with Crippen molar-refractivity contribution in [1.29, 1.82) is 0 Å². The largest absolute Gasteiger partial charge is 0.395 e. The summed E-state index contributed by atoms with van der Waals surface area (Å²) in [6.45, 7) is 3.19. The highest BCUT2D eigenvalue weighted by Gasteiger charge is 2.38. The van der Waals surface area contributed by atoms with Gasteiger partial charge in [0.15, 0.2) is 0 Å². The number of hydrogen-bond acceptors (Lipinski definition) is 3. The average molecular weight is 387 g/mol. The summed E-state index contributed by atoms with van der Waals surface area (Å²) in [5, 5.41) is 14.2. The molecule has 0 unspecified atom stereocenters. The van der Waals surface area contributed by atoms with E-state index in [4.69, 9.17) is 0 Å². The molecule has 0 aliphatic carbocycles. The summed E-state index contributed by atoms with van der Waals surface area (Å²) < 4.78 is 0. The van der Waals surface area contributed by atoms with Gasteiger partial charge >= 0.3 is 0 Å². The fraction of sp³-hybridized carbons (Fsp3) is 0.308. The van der Waals surface area contributed by atoms with E-state index in [2.05, 4.69) is 101 Å². The molecule has 3 aromatic rings. The Morgan fingerprint density at radius 1 is 0.724 bits per heavy atom. The minimum absolute atomic E-state index is 0.0336. The number of nitrogens with zero attached hydrogens (tertiary/aromatic N) is 1. The normalized spacial score (nSPS) is 16.0. The average Bonchev–Trinajstić information content (AvgIpc) is 3.31. The monoisotopic (exact) mass is 386 g/mol. The van der Waals surface area contributed by atoms with Gasteiger partial charge in [-0.15, -0.1) is 0 Å². The summed E-state index contributed by atoms with van der Waals surface area (Å²) >= 11 is 0. The van der Waals surface area contributed by atoms with Crippen molar-refractivity contribution in [1.82, 2.24) is 10.2 Å². The maximum absolute atomic E-state index is 10.3. The van der Waals surface area contributed by atoms with Crippen molar-refractivity contribution in [3.8, 4) is 0 Å². The summed E-state index contributed by atoms with van der Waals surface area (Å²) in [6.07, 6.45) is 2.50. The third kappa shape index (κ3) is 4.27. The molecular formula is C26H30N2O. The smallest absolute Gasteiger partial charge is 0.0951 e. The van der Waals surface area contributed by atoms with Crippen LogP contribution in [0.4, 0.5) is 0 Å². The van der Waals surface area contributed by atoms with E-state index in [0.717, 1.165) is 19.6 Å². The van der Waals surface area contributed by atoms with E-state index in [1.165, 1.54) is 29.5 Å². The quantitative estimate of drug-likeness (QED) is 0.574. The molecule has 1 aliphatic rings. The minimum Gasteiger partial charge on any atom is -0.395 e. The lowest BCUT2D eigenvalue weighted by Gasteiger charge is -2.40. The second-order valence-corrected chi connectivity index (χ2v) is 7.88. The predicted molar refractivity (Wildman–Crippen MR) is 119 cm³/mol. The van der Waals surface area contributed by atoms with Crippen LogP contribution in [0.1, 0.15) is 29.5 Å². The summed E-state index contributed by atoms with van der Waals surface area (Å²) in [5.74, 6) is 0. The van der Waals surface area contributed by atoms with Gasteiger partial charge in [-0.05, 0) is 42.6 Å². The molecule has 29 heavy (non-hydrogen) atoms. The van der Waals surface area contributed by atoms with Gasteiger partial charge in [-0.3, -0.25) is 5.32 Å². The summed E-state index contributed by atoms with van der Waals surface area (Å²) in [4.78, 5) is 2.46. The molecule has 0 amide bonds. The second-order valence-electron chi connectivity index (χ2n) is 7.88. The summed E-state index contributed by atoms with van der Waals surface area (Å²) in [7, 11) is 0. The van der Waals surface area contributed by atoms with Crippen molar-refractivity contribution in [2.45, 2.75) is 24.4 Å². The van der Waals surface area contributed by atoms with Crippen LogP contribution in [0.25, 0.3) is 0 Å². The molecule has 3 nitrogen and oxygen atoms in total. The van der Waals surface area contributed by atoms with Crippen molar-refractivity contribution >= 4 is 0 Å². The molecule has 0 saturated carbocycles. The standard InChI is InChI=1S/C26H30N2O/c29-21-25(20-28-18-10-11-19-28)27-26(22-12-4-1-5-13-22,23-14-6-2-7-15-23)24-16-8-3-9-17-24/h1-9,12-17,25,27,29H,10-11,18-21H2/t25-/m0/s1. The molecule has 2 N–H and O–H groups in total. The molecule has 150 valence electrons. The third-order valence-electron chi connectivity index (χ3n) is 5.94. The molecule has 0 bridgehead atoms. The zero-order valence-electron chi connectivity index (χ0n) is 16.9. The van der Waals surface area contributed by atoms with Crippen LogP contribution in [0.15, 0.2) is 91.0 Å². The Kier molecular flexibility index (Phi) is 6.40. The molecule has 1 fully saturated rings. The number of benzene rings is 3. The van der Waals surface area contributed by atoms with E-state index < -0.39 is 5.54 Å². The van der Waals surface area contributed by atoms with Gasteiger partial charge in [-0.25, -0.2) is 0 Å². The lowest BCUT2D eigenvalue weighted by atomic mass is 9.76. The molecule has 1 atom stereocenters. The minimum atomic E-state index is -0.531. The van der Waals surface area contributed by atoms with Gasteiger partial charge in [0.2, 0.25) is 0 Å². The van der Waals surface area contributed by atoms with E-state index in [0.29, 0.717) is 0 Å². The Hall–Kier alpha value is -2.46. The molecule has 3 aromatic carbocycles. The van der Waals surface area contributed by atoms with E-state index >= 15 is 0 Å². The van der Waals surface area contributed by atoms with Crippen LogP contribution >= 0.6 is 0 Å². The van der Waals surface area contributed by atoms with Gasteiger partial charge in [0.25, 0.3) is 0 Å². The molecular weight excluding hydrogens is 356 g/mol. The highest BCUT2D eigenvalue weighted by Crippen LogP contribution is 2.37. The number of aliphatic hydroxyl groups is 1. The number of aliphatic hydroxyl groups excluding tert-OH is 1. The van der Waals surface area contributed by atoms with Crippen LogP contribution in [0.3, 0.4) is 0 Å². The van der Waals surface area contributed by atoms with Gasteiger partial charge in [0.1, 0.15) is 0 Å². The molecule has 0 spiro atoms. The van der Waals surface area contributed by atoms with Crippen molar-refractivity contribution in [2.24, 2.45) is 0 Å². The predicted octanol–water partition coefficient (Wildman–Crippen LogP) is 4.02. The van der Waals surface area contributed by atoms with Crippen molar-refractivity contribution in [2.75, 3.05) is 26.2 Å². The SMILES string of the molecule is OC[C@H](CN1CCCC1)NC(c1ccccc1)(c1ccccc1)c1ccccc1. The maximum Gasteiger partial charge on any atom is 0.0951 e. The van der Waals surface area contributed by atoms with Gasteiger partial charge in [0, 0.05) is 12.6 Å². The van der Waals surface area contributed by atoms with Crippen LogP contribution in [-0.4, -0.2) is 42.3 Å². The van der Waals surface area contributed by atoms with Crippen LogP contribution in [0.2, 0.25) is 0 Å². The second kappa shape index (κ2) is 9.36. The van der Waals surface area contributed by atoms with Crippen LogP contribution in [0.5, 0.6) is 0 Å². The number of nitrogens with one attached hydrogen (secondary N) is 1. The summed E-state index contributed by atoms with van der Waals surface area (Å²) in [5.41, 5.74) is 3.00. The fourth-order valence-electron chi connectivity index (χ4n) is 4.55. The lowest BCUT2D eigenvalue weighted by Crippen LogP contribution is -2.54. The highest BCUT2D eigenvalue weighted by atomic mass is 16.3. The van der Waals surface area contributed by atoms with Gasteiger partial charge in [-0.2, -0.15) is 0 Å². The molecule has 0 aromatic heterocycles. The first-order valence-electron chi connectivity index (χ1n) is 10.6. The van der Waals surface area contributed by atoms with E-state index in [1.54, 1.807) is 0 Å². The molecule has 1 saturated heterocycles. The van der Waals surface area contributed by atoms with Gasteiger partial charge in [-0.1, -0.05) is 91.0 Å². The maximum atomic E-state index is 10.3. The first-order chi connectivity index (χ1) is 14.3. The van der Waals surface area contributed by atoms with Gasteiger partial charge in [0.05, 0.1) is 12.1 Å². The zero-order chi connectivity index (χ0) is 19.9. The molecule has 1 aliphatic heterocycles. The number of rotatable bonds is 8. The summed E-state index contributed by atoms with van der Waals surface area (Å²) in [6, 6.07) is 31.7. The topological polar surface area (TPSA) is 35.5 Å². The third-order valence-corrected chi connectivity index (χ3v) is 5.94. The highest BCUT2D eigenvalue weighted by molar-refractivity contribution is 5.49. The Labute approximate surface area is 174 Å². The van der Waals surface area contributed by atoms with Gasteiger partial charge < -0.3 is 10.0 Å². The van der Waals surface area contributed by atoms with Crippen molar-refractivity contribution in [3.63, 3.8) is 0 Å². The Morgan fingerprint density at radius 2 is 1.14 bits per heavy atom. The van der Waals surface area contributed by atoms with Crippen LogP contribution in [0, 0.1) is 0 Å². The molecule has 3 heteroatoms. The first kappa shape index (κ1) is 19.8. The Balaban J connectivity index is 1.83. The van der Waals surface area contributed by atoms with Crippen molar-refractivity contribution in [3.05, 3.63) is 108 Å². The zero-order valence-corrected chi connectivity index (χ0v) is 16.9. The van der Waals surface area contributed by atoms with E-state index in [9.17, 15) is 5.11 Å². The molecule has 0 radical (unpaired) electrons. The fourth-order valence-corrected chi connectivity index (χ4v) is 4.55. The lowest BCUT2D eigenvalue weighted by molar-refractivity contribution is 0.180. The Morgan fingerprint density at radius 3 is 1.52 bits per heavy atom. The number of likely N-dealkylation sites (tertiary alicyclic amines) is 1. The van der Waals surface area contributed by atoms with Crippen LogP contribution < -0.4 is 5.32 Å². The molecule has 1 heterocycles. The van der Waals surface area contributed by atoms with Crippen LogP contribution in [-0.2, 0) is 5.54 Å².